The lowest BCUT2D eigenvalue weighted by Gasteiger charge is -2.39. The molecule has 2 saturated heterocycles. The fourth-order valence-corrected chi connectivity index (χ4v) is 4.76. The van der Waals surface area contributed by atoms with Gasteiger partial charge in [0.25, 0.3) is 5.91 Å². The summed E-state index contributed by atoms with van der Waals surface area (Å²) in [5, 5.41) is 2.91. The van der Waals surface area contributed by atoms with Crippen LogP contribution in [0, 0.1) is 11.6 Å². The van der Waals surface area contributed by atoms with Crippen molar-refractivity contribution < 1.29 is 23.0 Å². The Kier molecular flexibility index (Phi) is 5.90. The molecular weight excluding hydrogens is 390 g/mol. The molecule has 1 amide bonds. The smallest absolute Gasteiger partial charge is 0.254 e. The van der Waals surface area contributed by atoms with E-state index in [2.05, 4.69) is 10.2 Å². The highest BCUT2D eigenvalue weighted by Crippen LogP contribution is 2.38. The van der Waals surface area contributed by atoms with Gasteiger partial charge in [0.2, 0.25) is 0 Å². The Hall–Kier alpha value is -2.67. The van der Waals surface area contributed by atoms with Gasteiger partial charge in [-0.15, -0.1) is 0 Å². The van der Waals surface area contributed by atoms with Gasteiger partial charge in [-0.25, -0.2) is 8.78 Å². The van der Waals surface area contributed by atoms with Crippen LogP contribution in [0.25, 0.3) is 0 Å². The third-order valence-electron chi connectivity index (χ3n) is 6.24. The van der Waals surface area contributed by atoms with Gasteiger partial charge < -0.3 is 14.8 Å². The number of halogens is 2. The quantitative estimate of drug-likeness (QED) is 0.776. The molecule has 2 unspecified atom stereocenters. The maximum absolute atomic E-state index is 13.9. The van der Waals surface area contributed by atoms with Gasteiger partial charge in [-0.2, -0.15) is 0 Å². The number of nitrogens with zero attached hydrogens (tertiary/aromatic N) is 1. The van der Waals surface area contributed by atoms with Crippen LogP contribution in [0.4, 0.5) is 8.78 Å². The van der Waals surface area contributed by atoms with Crippen LogP contribution in [0.2, 0.25) is 0 Å². The van der Waals surface area contributed by atoms with Gasteiger partial charge in [-0.3, -0.25) is 9.69 Å². The molecule has 5 nitrogen and oxygen atoms in total. The SMILES string of the molecule is COc1ccc(CN2C3CCC2CC(NC(=O)c2cc(F)ccc2F)C3)c(OC)c1. The Morgan fingerprint density at radius 1 is 1.07 bits per heavy atom. The van der Waals surface area contributed by atoms with Crippen molar-refractivity contribution in [2.45, 2.75) is 50.4 Å². The molecule has 0 radical (unpaired) electrons. The van der Waals surface area contributed by atoms with Crippen molar-refractivity contribution in [1.82, 2.24) is 10.2 Å². The van der Waals surface area contributed by atoms with Gasteiger partial charge >= 0.3 is 0 Å². The Morgan fingerprint density at radius 3 is 2.47 bits per heavy atom. The molecule has 4 rings (SSSR count). The molecule has 2 atom stereocenters. The number of amides is 1. The molecule has 160 valence electrons. The topological polar surface area (TPSA) is 50.8 Å². The van der Waals surface area contributed by atoms with Gasteiger partial charge in [-0.05, 0) is 49.9 Å². The Balaban J connectivity index is 1.42. The highest BCUT2D eigenvalue weighted by molar-refractivity contribution is 5.94. The van der Waals surface area contributed by atoms with Crippen LogP contribution in [0.1, 0.15) is 41.6 Å². The van der Waals surface area contributed by atoms with Crippen LogP contribution in [0.15, 0.2) is 36.4 Å². The first-order valence-corrected chi connectivity index (χ1v) is 10.2. The number of nitrogens with one attached hydrogen (secondary N) is 1. The lowest BCUT2D eigenvalue weighted by Crippen LogP contribution is -2.50. The van der Waals surface area contributed by atoms with E-state index in [0.717, 1.165) is 67.5 Å². The first-order valence-electron chi connectivity index (χ1n) is 10.2. The Labute approximate surface area is 175 Å². The monoisotopic (exact) mass is 416 g/mol. The van der Waals surface area contributed by atoms with Crippen molar-refractivity contribution >= 4 is 5.91 Å². The van der Waals surface area contributed by atoms with E-state index in [9.17, 15) is 13.6 Å². The average molecular weight is 416 g/mol. The van der Waals surface area contributed by atoms with Crippen LogP contribution in [-0.4, -0.2) is 43.2 Å². The highest BCUT2D eigenvalue weighted by Gasteiger charge is 2.41. The maximum Gasteiger partial charge on any atom is 0.254 e. The van der Waals surface area contributed by atoms with Crippen molar-refractivity contribution in [3.63, 3.8) is 0 Å². The van der Waals surface area contributed by atoms with Crippen molar-refractivity contribution in [3.8, 4) is 11.5 Å². The summed E-state index contributed by atoms with van der Waals surface area (Å²) < 4.78 is 38.1. The van der Waals surface area contributed by atoms with Gasteiger partial charge in [0, 0.05) is 36.3 Å². The largest absolute Gasteiger partial charge is 0.497 e. The normalized spacial score (nSPS) is 23.3. The molecule has 7 heteroatoms. The molecule has 2 aliphatic rings. The lowest BCUT2D eigenvalue weighted by molar-refractivity contribution is 0.0822. The molecule has 2 aliphatic heterocycles. The zero-order chi connectivity index (χ0) is 21.3. The molecule has 0 spiro atoms. The molecule has 2 heterocycles. The number of methoxy groups -OCH3 is 2. The third kappa shape index (κ3) is 4.12. The Morgan fingerprint density at radius 2 is 1.80 bits per heavy atom. The predicted molar refractivity (Wildman–Crippen MR) is 109 cm³/mol. The summed E-state index contributed by atoms with van der Waals surface area (Å²) in [4.78, 5) is 14.9. The average Bonchev–Trinajstić information content (AvgIpc) is 2.97. The molecule has 2 bridgehead atoms. The number of carbonyl (C=O) groups excluding carboxylic acids is 1. The van der Waals surface area contributed by atoms with E-state index in [0.29, 0.717) is 12.1 Å². The fourth-order valence-electron chi connectivity index (χ4n) is 4.76. The molecule has 2 fully saturated rings. The minimum atomic E-state index is -0.707. The van der Waals surface area contributed by atoms with Crippen molar-refractivity contribution in [2.24, 2.45) is 0 Å². The standard InChI is InChI=1S/C23H26F2N2O3/c1-29-19-7-3-14(22(12-19)30-2)13-27-17-5-6-18(27)11-16(10-17)26-23(28)20-9-15(24)4-8-21(20)25/h3-4,7-9,12,16-18H,5-6,10-11,13H2,1-2H3,(H,26,28). The second kappa shape index (κ2) is 8.60. The molecule has 0 aliphatic carbocycles. The minimum Gasteiger partial charge on any atom is -0.497 e. The second-order valence-corrected chi connectivity index (χ2v) is 8.00. The number of carbonyl (C=O) groups is 1. The number of hydrogen-bond acceptors (Lipinski definition) is 4. The lowest BCUT2D eigenvalue weighted by atomic mass is 9.96. The number of ether oxygens (including phenoxy) is 2. The molecular formula is C23H26F2N2O3. The van der Waals surface area contributed by atoms with Crippen LogP contribution < -0.4 is 14.8 Å². The molecule has 30 heavy (non-hydrogen) atoms. The first-order chi connectivity index (χ1) is 14.5. The van der Waals surface area contributed by atoms with E-state index >= 15 is 0 Å². The molecule has 1 N–H and O–H groups in total. The highest BCUT2D eigenvalue weighted by atomic mass is 19.1. The van der Waals surface area contributed by atoms with Crippen LogP contribution in [-0.2, 0) is 6.54 Å². The number of benzene rings is 2. The van der Waals surface area contributed by atoms with Gasteiger partial charge in [-0.1, -0.05) is 6.07 Å². The maximum atomic E-state index is 13.9. The molecule has 0 aromatic heterocycles. The number of hydrogen-bond donors (Lipinski definition) is 1. The van der Waals surface area contributed by atoms with Crippen LogP contribution in [0.5, 0.6) is 11.5 Å². The summed E-state index contributed by atoms with van der Waals surface area (Å²) in [6.07, 6.45) is 3.70. The summed E-state index contributed by atoms with van der Waals surface area (Å²) in [6, 6.07) is 9.40. The minimum absolute atomic E-state index is 0.0494. The van der Waals surface area contributed by atoms with Crippen LogP contribution in [0.3, 0.4) is 0 Å². The van der Waals surface area contributed by atoms with E-state index in [1.165, 1.54) is 0 Å². The van der Waals surface area contributed by atoms with Gasteiger partial charge in [0.05, 0.1) is 19.8 Å². The molecule has 0 saturated carbocycles. The van der Waals surface area contributed by atoms with E-state index in [4.69, 9.17) is 9.47 Å². The van der Waals surface area contributed by atoms with E-state index in [-0.39, 0.29) is 11.6 Å². The van der Waals surface area contributed by atoms with Crippen molar-refractivity contribution in [3.05, 3.63) is 59.2 Å². The number of fused-ring (bicyclic) bond motifs is 2. The first kappa shape index (κ1) is 20.6. The zero-order valence-electron chi connectivity index (χ0n) is 17.2. The zero-order valence-corrected chi connectivity index (χ0v) is 17.2. The molecule has 2 aromatic carbocycles. The van der Waals surface area contributed by atoms with Gasteiger partial charge in [0.1, 0.15) is 23.1 Å². The van der Waals surface area contributed by atoms with Crippen LogP contribution >= 0.6 is 0 Å². The Bertz CT molecular complexity index is 923. The fraction of sp³-hybridized carbons (Fsp3) is 0.435. The van der Waals surface area contributed by atoms with E-state index in [1.807, 2.05) is 18.2 Å². The van der Waals surface area contributed by atoms with Crippen molar-refractivity contribution in [2.75, 3.05) is 14.2 Å². The second-order valence-electron chi connectivity index (χ2n) is 8.00. The van der Waals surface area contributed by atoms with E-state index < -0.39 is 17.5 Å². The number of piperidine rings is 1. The summed E-state index contributed by atoms with van der Waals surface area (Å²) >= 11 is 0. The summed E-state index contributed by atoms with van der Waals surface area (Å²) in [6.45, 7) is 0.766. The predicted octanol–water partition coefficient (Wildman–Crippen LogP) is 3.91. The van der Waals surface area contributed by atoms with Gasteiger partial charge in [0.15, 0.2) is 0 Å². The summed E-state index contributed by atoms with van der Waals surface area (Å²) in [7, 11) is 3.28. The third-order valence-corrected chi connectivity index (χ3v) is 6.24. The van der Waals surface area contributed by atoms with Crippen molar-refractivity contribution in [1.29, 1.82) is 0 Å². The molecule has 2 aromatic rings. The summed E-state index contributed by atoms with van der Waals surface area (Å²) in [5.41, 5.74) is 0.854. The number of rotatable bonds is 6. The summed E-state index contributed by atoms with van der Waals surface area (Å²) in [5.74, 6) is -0.331. The van der Waals surface area contributed by atoms with E-state index in [1.54, 1.807) is 14.2 Å².